The van der Waals surface area contributed by atoms with E-state index in [0.717, 1.165) is 10.9 Å². The summed E-state index contributed by atoms with van der Waals surface area (Å²) >= 11 is 6.58. The smallest absolute Gasteiger partial charge is 0.422 e. The highest BCUT2D eigenvalue weighted by Crippen LogP contribution is 2.34. The van der Waals surface area contributed by atoms with Gasteiger partial charge in [0, 0.05) is 17.6 Å². The normalized spacial score (nSPS) is 13.7. The van der Waals surface area contributed by atoms with Gasteiger partial charge in [0.2, 0.25) is 0 Å². The molecule has 0 fully saturated rings. The van der Waals surface area contributed by atoms with Crippen LogP contribution in [0.5, 0.6) is 5.75 Å². The minimum absolute atomic E-state index is 0.198. The van der Waals surface area contributed by atoms with Crippen LogP contribution < -0.4 is 9.54 Å². The number of nitrogens with zero attached hydrogens (tertiary/aromatic N) is 2. The predicted molar refractivity (Wildman–Crippen MR) is 116 cm³/mol. The van der Waals surface area contributed by atoms with Crippen molar-refractivity contribution in [3.05, 3.63) is 45.2 Å². The molecular formula is C21H24F6N2OS2. The molecule has 0 atom stereocenters. The van der Waals surface area contributed by atoms with Crippen LogP contribution in [0.4, 0.5) is 26.3 Å². The molecule has 0 aliphatic rings. The molecule has 0 aliphatic carbocycles. The van der Waals surface area contributed by atoms with Crippen molar-refractivity contribution in [2.45, 2.75) is 58.9 Å². The molecule has 1 heterocycles. The Kier molecular flexibility index (Phi) is 7.87. The summed E-state index contributed by atoms with van der Waals surface area (Å²) < 4.78 is 84.1. The van der Waals surface area contributed by atoms with Gasteiger partial charge in [-0.25, -0.2) is 4.99 Å². The van der Waals surface area contributed by atoms with E-state index in [1.54, 1.807) is 0 Å². The van der Waals surface area contributed by atoms with Crippen LogP contribution in [0.2, 0.25) is 0 Å². The Bertz CT molecular complexity index is 1030. The summed E-state index contributed by atoms with van der Waals surface area (Å²) in [5.41, 5.74) is -1.57. The van der Waals surface area contributed by atoms with Crippen LogP contribution in [0.3, 0.4) is 0 Å². The first-order chi connectivity index (χ1) is 14.5. The third kappa shape index (κ3) is 7.33. The lowest BCUT2D eigenvalue weighted by atomic mass is 9.95. The fourth-order valence-electron chi connectivity index (χ4n) is 2.64. The van der Waals surface area contributed by atoms with E-state index in [0.29, 0.717) is 23.5 Å². The average molecular weight is 499 g/mol. The third-order valence-corrected chi connectivity index (χ3v) is 5.90. The first kappa shape index (κ1) is 26.4. The maximum Gasteiger partial charge on any atom is 0.422 e. The van der Waals surface area contributed by atoms with Gasteiger partial charge in [0.25, 0.3) is 0 Å². The first-order valence-electron chi connectivity index (χ1n) is 9.68. The van der Waals surface area contributed by atoms with Gasteiger partial charge in [0.05, 0.1) is 11.1 Å². The van der Waals surface area contributed by atoms with E-state index in [2.05, 4.69) is 4.99 Å². The van der Waals surface area contributed by atoms with E-state index in [1.807, 2.05) is 45.4 Å². The molecule has 1 aromatic heterocycles. The molecule has 0 N–H and O–H groups in total. The molecule has 0 spiro atoms. The van der Waals surface area contributed by atoms with Crippen molar-refractivity contribution in [1.82, 2.24) is 4.57 Å². The lowest BCUT2D eigenvalue weighted by Crippen LogP contribution is -2.21. The lowest BCUT2D eigenvalue weighted by molar-refractivity contribution is -0.153. The maximum atomic E-state index is 13.2. The topological polar surface area (TPSA) is 26.5 Å². The van der Waals surface area contributed by atoms with Gasteiger partial charge in [-0.05, 0) is 29.5 Å². The Morgan fingerprint density at radius 2 is 1.75 bits per heavy atom. The molecule has 0 aliphatic heterocycles. The summed E-state index contributed by atoms with van der Waals surface area (Å²) in [6, 6.07) is 2.16. The molecule has 2 rings (SSSR count). The van der Waals surface area contributed by atoms with Crippen molar-refractivity contribution in [1.29, 1.82) is 0 Å². The number of thiazole rings is 1. The van der Waals surface area contributed by atoms with Crippen LogP contribution in [-0.4, -0.2) is 22.3 Å². The highest BCUT2D eigenvalue weighted by atomic mass is 32.1. The Hall–Kier alpha value is -1.88. The fraction of sp³-hybridized carbons (Fsp3) is 0.524. The van der Waals surface area contributed by atoms with E-state index in [4.69, 9.17) is 17.0 Å². The molecule has 3 nitrogen and oxygen atoms in total. The molecule has 0 saturated heterocycles. The van der Waals surface area contributed by atoms with E-state index < -0.39 is 30.3 Å². The van der Waals surface area contributed by atoms with E-state index in [9.17, 15) is 26.3 Å². The molecule has 32 heavy (non-hydrogen) atoms. The Balaban J connectivity index is 2.60. The summed E-state index contributed by atoms with van der Waals surface area (Å²) in [4.78, 5) is 5.48. The average Bonchev–Trinajstić information content (AvgIpc) is 3.00. The fourth-order valence-corrected chi connectivity index (χ4v) is 4.01. The molecule has 2 aromatic rings. The van der Waals surface area contributed by atoms with Crippen molar-refractivity contribution in [2.75, 3.05) is 6.61 Å². The molecule has 1 aromatic carbocycles. The second-order valence-corrected chi connectivity index (χ2v) is 10.1. The van der Waals surface area contributed by atoms with Crippen molar-refractivity contribution in [3.8, 4) is 5.75 Å². The number of rotatable bonds is 5. The summed E-state index contributed by atoms with van der Waals surface area (Å²) in [5, 5.41) is 0. The molecule has 11 heteroatoms. The van der Waals surface area contributed by atoms with Gasteiger partial charge < -0.3 is 9.30 Å². The van der Waals surface area contributed by atoms with Gasteiger partial charge in [0.1, 0.15) is 10.7 Å². The Labute approximate surface area is 191 Å². The second-order valence-electron chi connectivity index (χ2n) is 8.70. The molecule has 178 valence electrons. The summed E-state index contributed by atoms with van der Waals surface area (Å²) in [7, 11) is 0. The van der Waals surface area contributed by atoms with Crippen LogP contribution in [0.1, 0.15) is 50.6 Å². The van der Waals surface area contributed by atoms with E-state index in [1.165, 1.54) is 11.3 Å². The number of aromatic nitrogens is 1. The number of thiocarbonyl (C=S) groups is 1. The third-order valence-electron chi connectivity index (χ3n) is 4.15. The molecule has 0 amide bonds. The van der Waals surface area contributed by atoms with Gasteiger partial charge in [0.15, 0.2) is 11.4 Å². The highest BCUT2D eigenvalue weighted by Gasteiger charge is 2.33. The second kappa shape index (κ2) is 9.54. The van der Waals surface area contributed by atoms with Crippen LogP contribution in [0, 0.1) is 5.92 Å². The monoisotopic (exact) mass is 498 g/mol. The maximum absolute atomic E-state index is 13.2. The molecular weight excluding hydrogens is 474 g/mol. The van der Waals surface area contributed by atoms with Crippen LogP contribution in [-0.2, 0) is 18.1 Å². The Morgan fingerprint density at radius 1 is 1.12 bits per heavy atom. The number of halogens is 6. The number of ether oxygens (including phenoxy) is 1. The van der Waals surface area contributed by atoms with Crippen molar-refractivity contribution >= 4 is 28.5 Å². The van der Waals surface area contributed by atoms with Gasteiger partial charge >= 0.3 is 12.4 Å². The summed E-state index contributed by atoms with van der Waals surface area (Å²) in [6.07, 6.45) is -7.44. The van der Waals surface area contributed by atoms with Crippen LogP contribution >= 0.6 is 23.6 Å². The largest absolute Gasteiger partial charge is 0.483 e. The highest BCUT2D eigenvalue weighted by molar-refractivity contribution is 7.80. The standard InChI is InChI=1S/C21H24F6N2OS2/c1-12(2)9-29-10-16(19(3,4)5)32-18(29)28-17(31)14-8-13(21(25,26)27)6-7-15(14)30-11-20(22,23)24/h6-8,10,12H,9,11H2,1-5H3. The van der Waals surface area contributed by atoms with E-state index >= 15 is 0 Å². The van der Waals surface area contributed by atoms with Crippen molar-refractivity contribution in [2.24, 2.45) is 10.9 Å². The van der Waals surface area contributed by atoms with Crippen LogP contribution in [0.15, 0.2) is 29.4 Å². The zero-order valence-electron chi connectivity index (χ0n) is 18.2. The number of hydrogen-bond donors (Lipinski definition) is 0. The lowest BCUT2D eigenvalue weighted by Gasteiger charge is -2.15. The number of hydrogen-bond acceptors (Lipinski definition) is 3. The number of alkyl halides is 6. The summed E-state index contributed by atoms with van der Waals surface area (Å²) in [5.74, 6) is -0.156. The predicted octanol–water partition coefficient (Wildman–Crippen LogP) is 6.74. The van der Waals surface area contributed by atoms with Crippen LogP contribution in [0.25, 0.3) is 0 Å². The quantitative estimate of drug-likeness (QED) is 0.337. The van der Waals surface area contributed by atoms with Crippen molar-refractivity contribution in [3.63, 3.8) is 0 Å². The zero-order valence-corrected chi connectivity index (χ0v) is 19.8. The molecule has 0 unspecified atom stereocenters. The summed E-state index contributed by atoms with van der Waals surface area (Å²) in [6.45, 7) is 8.96. The number of benzene rings is 1. The first-order valence-corrected chi connectivity index (χ1v) is 10.9. The van der Waals surface area contributed by atoms with Gasteiger partial charge in [-0.2, -0.15) is 26.3 Å². The molecule has 0 saturated carbocycles. The van der Waals surface area contributed by atoms with Gasteiger partial charge in [-0.15, -0.1) is 11.3 Å². The minimum atomic E-state index is -4.70. The molecule has 0 radical (unpaired) electrons. The Morgan fingerprint density at radius 3 is 2.25 bits per heavy atom. The van der Waals surface area contributed by atoms with Gasteiger partial charge in [-0.3, -0.25) is 0 Å². The van der Waals surface area contributed by atoms with Gasteiger partial charge in [-0.1, -0.05) is 46.8 Å². The van der Waals surface area contributed by atoms with Crippen molar-refractivity contribution < 1.29 is 31.1 Å². The minimum Gasteiger partial charge on any atom is -0.483 e. The zero-order chi connectivity index (χ0) is 24.5. The SMILES string of the molecule is CC(C)Cn1cc(C(C)(C)C)sc1=NC(=S)c1cc(C(F)(F)F)ccc1OCC(F)(F)F. The van der Waals surface area contributed by atoms with E-state index in [-0.39, 0.29) is 21.9 Å². The molecule has 0 bridgehead atoms.